The molecule has 5 nitrogen and oxygen atoms in total. The van der Waals surface area contributed by atoms with Crippen LogP contribution in [0.3, 0.4) is 0 Å². The van der Waals surface area contributed by atoms with Gasteiger partial charge in [0.25, 0.3) is 0 Å². The highest BCUT2D eigenvalue weighted by atomic mass is 16.5. The fourth-order valence-corrected chi connectivity index (χ4v) is 5.24. The van der Waals surface area contributed by atoms with Crippen LogP contribution in [-0.2, 0) is 16.2 Å². The lowest BCUT2D eigenvalue weighted by Crippen LogP contribution is -2.39. The predicted octanol–water partition coefficient (Wildman–Crippen LogP) is 6.82. The molecule has 0 fully saturated rings. The van der Waals surface area contributed by atoms with Crippen molar-refractivity contribution in [1.29, 1.82) is 0 Å². The second-order valence-corrected chi connectivity index (χ2v) is 10.3. The summed E-state index contributed by atoms with van der Waals surface area (Å²) in [6.45, 7) is 6.58. The second kappa shape index (κ2) is 9.65. The SMILES string of the molecule is CCC(=O)N1c2ccccc2NC2=C(C(=O)CC(C)(C)C2)[C@@H]1c1ccc(OCc2ccccc2)cc1. The van der Waals surface area contributed by atoms with Crippen LogP contribution in [0.4, 0.5) is 11.4 Å². The van der Waals surface area contributed by atoms with Gasteiger partial charge in [-0.2, -0.15) is 0 Å². The van der Waals surface area contributed by atoms with Gasteiger partial charge in [0.2, 0.25) is 5.91 Å². The molecule has 3 aromatic carbocycles. The minimum atomic E-state index is -0.504. The first-order valence-electron chi connectivity index (χ1n) is 12.6. The molecule has 1 amide bonds. The van der Waals surface area contributed by atoms with Crippen LogP contribution in [0.15, 0.2) is 90.1 Å². The first kappa shape index (κ1) is 23.9. The lowest BCUT2D eigenvalue weighted by atomic mass is 9.73. The molecule has 1 aliphatic heterocycles. The molecule has 0 saturated heterocycles. The van der Waals surface area contributed by atoms with Gasteiger partial charge in [-0.15, -0.1) is 0 Å². The molecule has 5 rings (SSSR count). The molecule has 0 radical (unpaired) electrons. The summed E-state index contributed by atoms with van der Waals surface area (Å²) in [4.78, 5) is 28.9. The maximum Gasteiger partial charge on any atom is 0.227 e. The largest absolute Gasteiger partial charge is 0.489 e. The average molecular weight is 481 g/mol. The van der Waals surface area contributed by atoms with E-state index in [0.717, 1.165) is 40.4 Å². The first-order valence-corrected chi connectivity index (χ1v) is 12.6. The van der Waals surface area contributed by atoms with Crippen molar-refractivity contribution in [2.24, 2.45) is 5.41 Å². The second-order valence-electron chi connectivity index (χ2n) is 10.3. The summed E-state index contributed by atoms with van der Waals surface area (Å²) in [5.74, 6) is 0.809. The third-order valence-electron chi connectivity index (χ3n) is 6.92. The Balaban J connectivity index is 1.58. The van der Waals surface area contributed by atoms with Gasteiger partial charge in [0, 0.05) is 24.1 Å². The Morgan fingerprint density at radius 1 is 0.972 bits per heavy atom. The van der Waals surface area contributed by atoms with Crippen molar-refractivity contribution in [1.82, 2.24) is 0 Å². The molecule has 0 aromatic heterocycles. The van der Waals surface area contributed by atoms with E-state index in [9.17, 15) is 9.59 Å². The number of nitrogens with one attached hydrogen (secondary N) is 1. The van der Waals surface area contributed by atoms with E-state index in [1.807, 2.05) is 85.8 Å². The van der Waals surface area contributed by atoms with Crippen molar-refractivity contribution in [2.75, 3.05) is 10.2 Å². The number of ether oxygens (including phenoxy) is 1. The Bertz CT molecular complexity index is 1310. The average Bonchev–Trinajstić information content (AvgIpc) is 3.01. The third-order valence-corrected chi connectivity index (χ3v) is 6.92. The zero-order valence-electron chi connectivity index (χ0n) is 21.1. The monoisotopic (exact) mass is 480 g/mol. The highest BCUT2D eigenvalue weighted by Crippen LogP contribution is 2.48. The van der Waals surface area contributed by atoms with Gasteiger partial charge < -0.3 is 10.1 Å². The molecule has 0 unspecified atom stereocenters. The number of amides is 1. The molecule has 1 N–H and O–H groups in total. The minimum Gasteiger partial charge on any atom is -0.489 e. The van der Waals surface area contributed by atoms with Crippen molar-refractivity contribution in [2.45, 2.75) is 52.7 Å². The number of hydrogen-bond acceptors (Lipinski definition) is 4. The Kier molecular flexibility index (Phi) is 6.40. The van der Waals surface area contributed by atoms with Gasteiger partial charge in [-0.1, -0.05) is 75.4 Å². The molecule has 3 aromatic rings. The van der Waals surface area contributed by atoms with Crippen LogP contribution in [0, 0.1) is 5.41 Å². The summed E-state index contributed by atoms with van der Waals surface area (Å²) in [6, 6.07) is 25.2. The van der Waals surface area contributed by atoms with E-state index in [2.05, 4.69) is 19.2 Å². The predicted molar refractivity (Wildman–Crippen MR) is 143 cm³/mol. The number of benzene rings is 3. The van der Waals surface area contributed by atoms with Gasteiger partial charge in [0.05, 0.1) is 17.4 Å². The number of nitrogens with zero attached hydrogens (tertiary/aromatic N) is 1. The Morgan fingerprint density at radius 3 is 2.39 bits per heavy atom. The minimum absolute atomic E-state index is 0.0231. The Hall–Kier alpha value is -3.86. The molecule has 0 spiro atoms. The molecule has 0 bridgehead atoms. The summed E-state index contributed by atoms with van der Waals surface area (Å²) in [5.41, 5.74) is 5.07. The summed E-state index contributed by atoms with van der Waals surface area (Å²) < 4.78 is 5.99. The Labute approximate surface area is 212 Å². The van der Waals surface area contributed by atoms with E-state index in [4.69, 9.17) is 4.74 Å². The maximum absolute atomic E-state index is 13.7. The van der Waals surface area contributed by atoms with Crippen molar-refractivity contribution >= 4 is 23.1 Å². The molecule has 1 aliphatic carbocycles. The van der Waals surface area contributed by atoms with Crippen LogP contribution in [0.1, 0.15) is 57.2 Å². The van der Waals surface area contributed by atoms with Crippen molar-refractivity contribution in [3.63, 3.8) is 0 Å². The van der Waals surface area contributed by atoms with Crippen molar-refractivity contribution in [3.8, 4) is 5.75 Å². The number of carbonyl (C=O) groups excluding carboxylic acids is 2. The number of anilines is 2. The number of ketones is 1. The van der Waals surface area contributed by atoms with E-state index in [-0.39, 0.29) is 17.1 Å². The molecule has 0 saturated carbocycles. The summed E-state index contributed by atoms with van der Waals surface area (Å²) in [5, 5.41) is 3.55. The van der Waals surface area contributed by atoms with Crippen LogP contribution < -0.4 is 15.0 Å². The first-order chi connectivity index (χ1) is 17.4. The molecular weight excluding hydrogens is 448 g/mol. The zero-order valence-corrected chi connectivity index (χ0v) is 21.1. The summed E-state index contributed by atoms with van der Waals surface area (Å²) >= 11 is 0. The molecule has 2 aliphatic rings. The van der Waals surface area contributed by atoms with Crippen LogP contribution in [0.2, 0.25) is 0 Å². The van der Waals surface area contributed by atoms with E-state index in [0.29, 0.717) is 25.0 Å². The van der Waals surface area contributed by atoms with Gasteiger partial charge in [0.15, 0.2) is 5.78 Å². The number of carbonyl (C=O) groups is 2. The zero-order chi connectivity index (χ0) is 25.3. The topological polar surface area (TPSA) is 58.6 Å². The van der Waals surface area contributed by atoms with E-state index in [1.165, 1.54) is 0 Å². The molecule has 1 heterocycles. The van der Waals surface area contributed by atoms with Crippen molar-refractivity contribution in [3.05, 3.63) is 101 Å². The fourth-order valence-electron chi connectivity index (χ4n) is 5.24. The number of fused-ring (bicyclic) bond motifs is 1. The number of allylic oxidation sites excluding steroid dienone is 1. The molecule has 5 heteroatoms. The molecular formula is C31H32N2O3. The lowest BCUT2D eigenvalue weighted by Gasteiger charge is -2.37. The quantitative estimate of drug-likeness (QED) is 0.435. The highest BCUT2D eigenvalue weighted by molar-refractivity contribution is 6.06. The Morgan fingerprint density at radius 2 is 1.67 bits per heavy atom. The third kappa shape index (κ3) is 4.66. The molecule has 36 heavy (non-hydrogen) atoms. The van der Waals surface area contributed by atoms with Gasteiger partial charge >= 0.3 is 0 Å². The van der Waals surface area contributed by atoms with Gasteiger partial charge in [-0.3, -0.25) is 14.5 Å². The fraction of sp³-hybridized carbons (Fsp3) is 0.290. The van der Waals surface area contributed by atoms with Gasteiger partial charge in [-0.05, 0) is 47.2 Å². The van der Waals surface area contributed by atoms with E-state index >= 15 is 0 Å². The van der Waals surface area contributed by atoms with Crippen LogP contribution in [-0.4, -0.2) is 11.7 Å². The van der Waals surface area contributed by atoms with Gasteiger partial charge in [-0.25, -0.2) is 0 Å². The number of Topliss-reactive ketones (excluding diaryl/α,β-unsaturated/α-hetero) is 1. The molecule has 184 valence electrons. The smallest absolute Gasteiger partial charge is 0.227 e. The number of para-hydroxylation sites is 2. The maximum atomic E-state index is 13.7. The lowest BCUT2D eigenvalue weighted by molar-refractivity contribution is -0.119. The van der Waals surface area contributed by atoms with Crippen LogP contribution in [0.5, 0.6) is 5.75 Å². The van der Waals surface area contributed by atoms with Crippen LogP contribution >= 0.6 is 0 Å². The van der Waals surface area contributed by atoms with Gasteiger partial charge in [0.1, 0.15) is 12.4 Å². The normalized spacial score (nSPS) is 18.6. The van der Waals surface area contributed by atoms with E-state index in [1.54, 1.807) is 4.90 Å². The van der Waals surface area contributed by atoms with E-state index < -0.39 is 6.04 Å². The number of hydrogen-bond donors (Lipinski definition) is 1. The standard InChI is InChI=1S/C31H32N2O3/c1-4-28(35)33-26-13-9-8-12-24(26)32-25-18-31(2,3)19-27(34)29(25)30(33)22-14-16-23(17-15-22)36-20-21-10-6-5-7-11-21/h5-17,30,32H,4,18-20H2,1-3H3/t30-/m0/s1. The highest BCUT2D eigenvalue weighted by Gasteiger charge is 2.42. The number of rotatable bonds is 5. The summed E-state index contributed by atoms with van der Waals surface area (Å²) in [6.07, 6.45) is 1.53. The van der Waals surface area contributed by atoms with Crippen LogP contribution in [0.25, 0.3) is 0 Å². The van der Waals surface area contributed by atoms with Crippen molar-refractivity contribution < 1.29 is 14.3 Å². The molecule has 1 atom stereocenters. The summed E-state index contributed by atoms with van der Waals surface area (Å²) in [7, 11) is 0.